The number of sulfone groups is 2. The molecule has 0 aromatic heterocycles. The zero-order chi connectivity index (χ0) is 30.6. The Morgan fingerprint density at radius 3 is 2.30 bits per heavy atom. The number of carbonyl (C=O) groups is 1. The van der Waals surface area contributed by atoms with Crippen molar-refractivity contribution in [3.63, 3.8) is 0 Å². The lowest BCUT2D eigenvalue weighted by Gasteiger charge is -2.43. The molecule has 0 N–H and O–H groups in total. The van der Waals surface area contributed by atoms with Gasteiger partial charge in [-0.3, -0.25) is 4.79 Å². The molecule has 3 aromatic rings. The van der Waals surface area contributed by atoms with Crippen LogP contribution in [0.3, 0.4) is 0 Å². The molecule has 0 saturated carbocycles. The van der Waals surface area contributed by atoms with Crippen molar-refractivity contribution < 1.29 is 26.0 Å². The normalized spacial score (nSPS) is 23.5. The second-order valence-corrected chi connectivity index (χ2v) is 17.1. The van der Waals surface area contributed by atoms with Crippen LogP contribution in [0.1, 0.15) is 47.9 Å². The minimum atomic E-state index is -4.08. The first-order valence-electron chi connectivity index (χ1n) is 14.5. The average molecular weight is 665 g/mol. The molecule has 0 spiro atoms. The number of likely N-dealkylation sites (tertiary alicyclic amines) is 1. The third-order valence-corrected chi connectivity index (χ3v) is 14.4. The standard InChI is InChI=1S/C32H32Cl2FNO5S2/c33-28-2-1-3-29(34)26(28)11-4-21-5-12-27-23(20-21)6-13-30-32(27,43(40,41)25-9-7-24(35)8-10-25)16-17-36(30)31(37)22-14-18-42(38,39)19-15-22/h1-3,5,7-10,12,20,22,30H,4,6,11,13-19H2/t30-,32-/m1/s1. The summed E-state index contributed by atoms with van der Waals surface area (Å²) in [6.45, 7) is 0.249. The van der Waals surface area contributed by atoms with Crippen molar-refractivity contribution in [1.82, 2.24) is 4.90 Å². The summed E-state index contributed by atoms with van der Waals surface area (Å²) in [4.78, 5) is 15.5. The van der Waals surface area contributed by atoms with Crippen molar-refractivity contribution >= 4 is 48.8 Å². The molecule has 0 bridgehead atoms. The van der Waals surface area contributed by atoms with Gasteiger partial charge in [0, 0.05) is 22.5 Å². The van der Waals surface area contributed by atoms with E-state index in [1.54, 1.807) is 23.1 Å². The zero-order valence-electron chi connectivity index (χ0n) is 23.4. The Morgan fingerprint density at radius 1 is 0.953 bits per heavy atom. The second kappa shape index (κ2) is 11.5. The number of fused-ring (bicyclic) bond motifs is 3. The number of benzene rings is 3. The van der Waals surface area contributed by atoms with Gasteiger partial charge in [-0.25, -0.2) is 21.2 Å². The van der Waals surface area contributed by atoms with Crippen LogP contribution in [-0.2, 0) is 48.5 Å². The first kappa shape index (κ1) is 30.6. The summed E-state index contributed by atoms with van der Waals surface area (Å²) in [7, 11) is -7.23. The molecule has 0 radical (unpaired) electrons. The van der Waals surface area contributed by atoms with E-state index in [0.717, 1.165) is 28.8 Å². The van der Waals surface area contributed by atoms with Crippen molar-refractivity contribution in [3.8, 4) is 0 Å². The van der Waals surface area contributed by atoms with E-state index in [9.17, 15) is 26.0 Å². The fourth-order valence-corrected chi connectivity index (χ4v) is 11.7. The van der Waals surface area contributed by atoms with Crippen LogP contribution in [0, 0.1) is 11.7 Å². The van der Waals surface area contributed by atoms with Gasteiger partial charge >= 0.3 is 0 Å². The molecule has 11 heteroatoms. The van der Waals surface area contributed by atoms with E-state index in [-0.39, 0.29) is 48.1 Å². The van der Waals surface area contributed by atoms with E-state index in [2.05, 4.69) is 6.07 Å². The smallest absolute Gasteiger partial charge is 0.226 e. The quantitative estimate of drug-likeness (QED) is 0.304. The first-order chi connectivity index (χ1) is 20.4. The Bertz CT molecular complexity index is 1760. The summed E-state index contributed by atoms with van der Waals surface area (Å²) in [5.41, 5.74) is 3.48. The Hall–Kier alpha value is -2.46. The van der Waals surface area contributed by atoms with Gasteiger partial charge in [-0.1, -0.05) is 47.5 Å². The minimum Gasteiger partial charge on any atom is -0.337 e. The van der Waals surface area contributed by atoms with Crippen molar-refractivity contribution in [3.05, 3.63) is 98.8 Å². The molecular formula is C32H32Cl2FNO5S2. The highest BCUT2D eigenvalue weighted by atomic mass is 35.5. The van der Waals surface area contributed by atoms with Crippen LogP contribution in [0.25, 0.3) is 0 Å². The average Bonchev–Trinajstić information content (AvgIpc) is 3.38. The highest BCUT2D eigenvalue weighted by Crippen LogP contribution is 2.53. The van der Waals surface area contributed by atoms with Gasteiger partial charge in [-0.2, -0.15) is 0 Å². The fraction of sp³-hybridized carbons (Fsp3) is 0.406. The Balaban J connectivity index is 1.37. The van der Waals surface area contributed by atoms with E-state index in [1.165, 1.54) is 12.1 Å². The zero-order valence-corrected chi connectivity index (χ0v) is 26.6. The summed E-state index contributed by atoms with van der Waals surface area (Å²) < 4.78 is 65.6. The van der Waals surface area contributed by atoms with Gasteiger partial charge in [0.15, 0.2) is 9.84 Å². The minimum absolute atomic E-state index is 0.0160. The number of carbonyl (C=O) groups excluding carboxylic acids is 1. The van der Waals surface area contributed by atoms with Gasteiger partial charge in [0.2, 0.25) is 5.91 Å². The van der Waals surface area contributed by atoms with Crippen LogP contribution in [0.4, 0.5) is 4.39 Å². The van der Waals surface area contributed by atoms with Gasteiger partial charge in [0.25, 0.3) is 0 Å². The molecular weight excluding hydrogens is 632 g/mol. The molecule has 6 rings (SSSR count). The lowest BCUT2D eigenvalue weighted by Crippen LogP contribution is -2.53. The van der Waals surface area contributed by atoms with Crippen LogP contribution < -0.4 is 0 Å². The predicted octanol–water partition coefficient (Wildman–Crippen LogP) is 5.96. The van der Waals surface area contributed by atoms with E-state index >= 15 is 0 Å². The molecule has 43 heavy (non-hydrogen) atoms. The maximum atomic E-state index is 14.6. The topological polar surface area (TPSA) is 88.6 Å². The summed E-state index contributed by atoms with van der Waals surface area (Å²) in [6.07, 6.45) is 3.02. The van der Waals surface area contributed by atoms with Crippen molar-refractivity contribution in [2.24, 2.45) is 5.92 Å². The molecule has 3 aliphatic rings. The summed E-state index contributed by atoms with van der Waals surface area (Å²) >= 11 is 12.8. The first-order valence-corrected chi connectivity index (χ1v) is 18.6. The molecule has 6 nitrogen and oxygen atoms in total. The molecule has 3 aromatic carbocycles. The maximum absolute atomic E-state index is 14.6. The number of hydrogen-bond acceptors (Lipinski definition) is 5. The lowest BCUT2D eigenvalue weighted by molar-refractivity contribution is -0.137. The van der Waals surface area contributed by atoms with Crippen LogP contribution in [0.15, 0.2) is 65.6 Å². The van der Waals surface area contributed by atoms with Gasteiger partial charge in [-0.15, -0.1) is 0 Å². The molecule has 1 amide bonds. The van der Waals surface area contributed by atoms with Crippen LogP contribution in [0.5, 0.6) is 0 Å². The molecule has 1 aliphatic carbocycles. The monoisotopic (exact) mass is 663 g/mol. The number of hydrogen-bond donors (Lipinski definition) is 0. The molecule has 2 atom stereocenters. The summed E-state index contributed by atoms with van der Waals surface area (Å²) in [5, 5.41) is 1.20. The Kier molecular flexibility index (Phi) is 8.16. The third kappa shape index (κ3) is 5.40. The van der Waals surface area contributed by atoms with Gasteiger partial charge in [0.1, 0.15) is 20.4 Å². The molecule has 2 heterocycles. The van der Waals surface area contributed by atoms with Gasteiger partial charge < -0.3 is 4.90 Å². The highest BCUT2D eigenvalue weighted by molar-refractivity contribution is 7.92. The molecule has 2 fully saturated rings. The van der Waals surface area contributed by atoms with Gasteiger partial charge in [0.05, 0.1) is 22.4 Å². The second-order valence-electron chi connectivity index (χ2n) is 11.8. The number of aryl methyl sites for hydroxylation is 2. The molecule has 2 saturated heterocycles. The molecule has 2 aliphatic heterocycles. The molecule has 0 unspecified atom stereocenters. The Labute approximate surface area is 262 Å². The third-order valence-electron chi connectivity index (χ3n) is 9.47. The van der Waals surface area contributed by atoms with Crippen LogP contribution in [-0.4, -0.2) is 51.7 Å². The van der Waals surface area contributed by atoms with Crippen molar-refractivity contribution in [2.45, 2.75) is 60.6 Å². The van der Waals surface area contributed by atoms with E-state index in [1.807, 2.05) is 12.1 Å². The summed E-state index contributed by atoms with van der Waals surface area (Å²) in [6, 6.07) is 15.5. The lowest BCUT2D eigenvalue weighted by atomic mass is 9.77. The van der Waals surface area contributed by atoms with Crippen molar-refractivity contribution in [1.29, 1.82) is 0 Å². The van der Waals surface area contributed by atoms with E-state index in [0.29, 0.717) is 41.3 Å². The van der Waals surface area contributed by atoms with Gasteiger partial charge in [-0.05, 0) is 104 Å². The van der Waals surface area contributed by atoms with E-state index in [4.69, 9.17) is 23.2 Å². The number of amides is 1. The number of halogens is 3. The van der Waals surface area contributed by atoms with Crippen LogP contribution >= 0.6 is 23.2 Å². The summed E-state index contributed by atoms with van der Waals surface area (Å²) in [5.74, 6) is -1.23. The largest absolute Gasteiger partial charge is 0.337 e. The van der Waals surface area contributed by atoms with Crippen LogP contribution in [0.2, 0.25) is 10.0 Å². The Morgan fingerprint density at radius 2 is 1.63 bits per heavy atom. The molecule has 228 valence electrons. The van der Waals surface area contributed by atoms with E-state index < -0.39 is 42.2 Å². The SMILES string of the molecule is O=C(C1CCS(=O)(=O)CC1)N1CC[C@@]2(S(=O)(=O)c3ccc(F)cc3)c3ccc(CCc4c(Cl)cccc4Cl)cc3CC[C@@H]12. The maximum Gasteiger partial charge on any atom is 0.226 e. The number of rotatable bonds is 6. The van der Waals surface area contributed by atoms with Crippen molar-refractivity contribution in [2.75, 3.05) is 18.1 Å². The predicted molar refractivity (Wildman–Crippen MR) is 165 cm³/mol. The number of nitrogens with zero attached hydrogens (tertiary/aromatic N) is 1. The fourth-order valence-electron chi connectivity index (χ4n) is 7.24. The highest BCUT2D eigenvalue weighted by Gasteiger charge is 2.61.